The first kappa shape index (κ1) is 14.0. The molecule has 0 unspecified atom stereocenters. The Labute approximate surface area is 113 Å². The molecule has 0 atom stereocenters. The molecule has 0 bridgehead atoms. The van der Waals surface area contributed by atoms with Crippen molar-refractivity contribution in [2.75, 3.05) is 26.7 Å². The molecule has 0 aromatic heterocycles. The summed E-state index contributed by atoms with van der Waals surface area (Å²) in [5, 5.41) is 13.9. The van der Waals surface area contributed by atoms with Gasteiger partial charge in [0.05, 0.1) is 4.92 Å². The fraction of sp³-hybridized carbons (Fsp3) is 0.571. The number of nitrogens with zero attached hydrogens (tertiary/aromatic N) is 2. The van der Waals surface area contributed by atoms with E-state index >= 15 is 0 Å². The molecule has 19 heavy (non-hydrogen) atoms. The highest BCUT2D eigenvalue weighted by Crippen LogP contribution is 2.14. The van der Waals surface area contributed by atoms with E-state index in [1.54, 1.807) is 12.1 Å². The van der Waals surface area contributed by atoms with Gasteiger partial charge in [0.2, 0.25) is 0 Å². The fourth-order valence-corrected chi connectivity index (χ4v) is 2.52. The van der Waals surface area contributed by atoms with Crippen LogP contribution in [-0.2, 0) is 6.42 Å². The first-order chi connectivity index (χ1) is 9.19. The lowest BCUT2D eigenvalue weighted by atomic mass is 10.0. The van der Waals surface area contributed by atoms with Crippen molar-refractivity contribution >= 4 is 5.69 Å². The number of rotatable bonds is 5. The fourth-order valence-electron chi connectivity index (χ4n) is 2.52. The summed E-state index contributed by atoms with van der Waals surface area (Å²) in [5.74, 6) is 0. The zero-order valence-corrected chi connectivity index (χ0v) is 11.3. The number of nitro groups is 1. The highest BCUT2D eigenvalue weighted by Gasteiger charge is 2.17. The number of hydrogen-bond acceptors (Lipinski definition) is 4. The molecule has 0 aliphatic carbocycles. The lowest BCUT2D eigenvalue weighted by Gasteiger charge is -2.31. The second-order valence-corrected chi connectivity index (χ2v) is 5.08. The standard InChI is InChI=1S/C14H21N3O2/c1-15-13-7-10-16(11-8-13)9-6-12-2-4-14(5-3-12)17(18)19/h2-5,13,15H,6-11H2,1H3. The van der Waals surface area contributed by atoms with Crippen LogP contribution < -0.4 is 5.32 Å². The molecular weight excluding hydrogens is 242 g/mol. The van der Waals surface area contributed by atoms with Crippen molar-refractivity contribution in [1.82, 2.24) is 10.2 Å². The summed E-state index contributed by atoms with van der Waals surface area (Å²) in [6.45, 7) is 3.31. The van der Waals surface area contributed by atoms with Gasteiger partial charge in [-0.2, -0.15) is 0 Å². The topological polar surface area (TPSA) is 58.4 Å². The van der Waals surface area contributed by atoms with E-state index in [1.165, 1.54) is 18.4 Å². The van der Waals surface area contributed by atoms with Crippen LogP contribution in [0.3, 0.4) is 0 Å². The summed E-state index contributed by atoms with van der Waals surface area (Å²) in [4.78, 5) is 12.7. The third-order valence-corrected chi connectivity index (χ3v) is 3.86. The number of nitrogens with one attached hydrogen (secondary N) is 1. The van der Waals surface area contributed by atoms with Gasteiger partial charge in [0.15, 0.2) is 0 Å². The smallest absolute Gasteiger partial charge is 0.269 e. The summed E-state index contributed by atoms with van der Waals surface area (Å²) in [6, 6.07) is 7.55. The monoisotopic (exact) mass is 263 g/mol. The van der Waals surface area contributed by atoms with Gasteiger partial charge in [-0.1, -0.05) is 12.1 Å². The van der Waals surface area contributed by atoms with Crippen LogP contribution in [0.25, 0.3) is 0 Å². The Hall–Kier alpha value is -1.46. The molecule has 5 heteroatoms. The van der Waals surface area contributed by atoms with E-state index in [9.17, 15) is 10.1 Å². The van der Waals surface area contributed by atoms with Crippen LogP contribution in [0.5, 0.6) is 0 Å². The molecule has 1 fully saturated rings. The summed E-state index contributed by atoms with van der Waals surface area (Å²) < 4.78 is 0. The number of benzene rings is 1. The zero-order valence-electron chi connectivity index (χ0n) is 11.3. The third kappa shape index (κ3) is 4.01. The van der Waals surface area contributed by atoms with Crippen LogP contribution in [0.2, 0.25) is 0 Å². The molecule has 1 aromatic rings. The summed E-state index contributed by atoms with van der Waals surface area (Å²) in [5.41, 5.74) is 1.33. The van der Waals surface area contributed by atoms with E-state index in [1.807, 2.05) is 19.2 Å². The molecular formula is C14H21N3O2. The lowest BCUT2D eigenvalue weighted by molar-refractivity contribution is -0.384. The van der Waals surface area contributed by atoms with Crippen molar-refractivity contribution in [3.05, 3.63) is 39.9 Å². The maximum absolute atomic E-state index is 10.6. The zero-order chi connectivity index (χ0) is 13.7. The average molecular weight is 263 g/mol. The Morgan fingerprint density at radius 3 is 2.47 bits per heavy atom. The van der Waals surface area contributed by atoms with Crippen LogP contribution >= 0.6 is 0 Å². The molecule has 0 saturated carbocycles. The highest BCUT2D eigenvalue weighted by molar-refractivity contribution is 5.32. The first-order valence-electron chi connectivity index (χ1n) is 6.82. The molecule has 1 aliphatic rings. The van der Waals surface area contributed by atoms with E-state index in [0.29, 0.717) is 6.04 Å². The molecule has 1 heterocycles. The average Bonchev–Trinajstić information content (AvgIpc) is 2.46. The van der Waals surface area contributed by atoms with Gasteiger partial charge in [0.1, 0.15) is 0 Å². The molecule has 0 amide bonds. The Morgan fingerprint density at radius 2 is 1.95 bits per heavy atom. The van der Waals surface area contributed by atoms with E-state index in [0.717, 1.165) is 26.1 Å². The third-order valence-electron chi connectivity index (χ3n) is 3.86. The van der Waals surface area contributed by atoms with Gasteiger partial charge in [-0.3, -0.25) is 10.1 Å². The van der Waals surface area contributed by atoms with Gasteiger partial charge < -0.3 is 10.2 Å². The number of nitro benzene ring substituents is 1. The van der Waals surface area contributed by atoms with E-state index in [2.05, 4.69) is 10.2 Å². The molecule has 5 nitrogen and oxygen atoms in total. The Balaban J connectivity index is 1.78. The van der Waals surface area contributed by atoms with Crippen LogP contribution in [0.15, 0.2) is 24.3 Å². The number of likely N-dealkylation sites (tertiary alicyclic amines) is 1. The van der Waals surface area contributed by atoms with E-state index in [4.69, 9.17) is 0 Å². The molecule has 1 saturated heterocycles. The van der Waals surface area contributed by atoms with E-state index < -0.39 is 0 Å². The Bertz CT molecular complexity index is 411. The number of non-ortho nitro benzene ring substituents is 1. The highest BCUT2D eigenvalue weighted by atomic mass is 16.6. The largest absolute Gasteiger partial charge is 0.317 e. The second kappa shape index (κ2) is 6.63. The molecule has 1 N–H and O–H groups in total. The van der Waals surface area contributed by atoms with Crippen LogP contribution in [0.4, 0.5) is 5.69 Å². The maximum atomic E-state index is 10.6. The Morgan fingerprint density at radius 1 is 1.32 bits per heavy atom. The van der Waals surface area contributed by atoms with Crippen molar-refractivity contribution in [2.45, 2.75) is 25.3 Å². The van der Waals surface area contributed by atoms with Gasteiger partial charge in [-0.25, -0.2) is 0 Å². The first-order valence-corrected chi connectivity index (χ1v) is 6.82. The SMILES string of the molecule is CNC1CCN(CCc2ccc([N+](=O)[O-])cc2)CC1. The van der Waals surface area contributed by atoms with Gasteiger partial charge >= 0.3 is 0 Å². The predicted molar refractivity (Wildman–Crippen MR) is 75.3 cm³/mol. The summed E-state index contributed by atoms with van der Waals surface area (Å²) >= 11 is 0. The lowest BCUT2D eigenvalue weighted by Crippen LogP contribution is -2.41. The normalized spacial score (nSPS) is 17.5. The number of hydrogen-bond donors (Lipinski definition) is 1. The minimum atomic E-state index is -0.355. The van der Waals surface area contributed by atoms with Crippen LogP contribution in [-0.4, -0.2) is 42.5 Å². The van der Waals surface area contributed by atoms with Gasteiger partial charge in [0, 0.05) is 24.7 Å². The van der Waals surface area contributed by atoms with Gasteiger partial charge in [-0.05, 0) is 45.0 Å². The van der Waals surface area contributed by atoms with Crippen LogP contribution in [0, 0.1) is 10.1 Å². The van der Waals surface area contributed by atoms with Crippen LogP contribution in [0.1, 0.15) is 18.4 Å². The molecule has 1 aromatic carbocycles. The second-order valence-electron chi connectivity index (χ2n) is 5.08. The maximum Gasteiger partial charge on any atom is 0.269 e. The quantitative estimate of drug-likeness (QED) is 0.650. The van der Waals surface area contributed by atoms with Crippen molar-refractivity contribution in [2.24, 2.45) is 0 Å². The van der Waals surface area contributed by atoms with Gasteiger partial charge in [-0.15, -0.1) is 0 Å². The van der Waals surface area contributed by atoms with Crippen molar-refractivity contribution in [1.29, 1.82) is 0 Å². The number of piperidine rings is 1. The molecule has 2 rings (SSSR count). The molecule has 1 aliphatic heterocycles. The Kier molecular flexibility index (Phi) is 4.87. The molecule has 0 spiro atoms. The molecule has 104 valence electrons. The van der Waals surface area contributed by atoms with Crippen molar-refractivity contribution < 1.29 is 4.92 Å². The summed E-state index contributed by atoms with van der Waals surface area (Å²) in [6.07, 6.45) is 3.37. The summed E-state index contributed by atoms with van der Waals surface area (Å²) in [7, 11) is 2.03. The van der Waals surface area contributed by atoms with Gasteiger partial charge in [0.25, 0.3) is 5.69 Å². The molecule has 0 radical (unpaired) electrons. The minimum Gasteiger partial charge on any atom is -0.317 e. The van der Waals surface area contributed by atoms with E-state index in [-0.39, 0.29) is 10.6 Å². The van der Waals surface area contributed by atoms with Crippen molar-refractivity contribution in [3.8, 4) is 0 Å². The van der Waals surface area contributed by atoms with Crippen molar-refractivity contribution in [3.63, 3.8) is 0 Å². The predicted octanol–water partition coefficient (Wildman–Crippen LogP) is 1.82. The minimum absolute atomic E-state index is 0.165.